The zero-order valence-corrected chi connectivity index (χ0v) is 8.74. The van der Waals surface area contributed by atoms with E-state index in [1.807, 2.05) is 13.0 Å². The van der Waals surface area contributed by atoms with Gasteiger partial charge in [0, 0.05) is 12.5 Å². The van der Waals surface area contributed by atoms with Crippen LogP contribution in [0.2, 0.25) is 0 Å². The minimum Gasteiger partial charge on any atom is -0.202 e. The number of alkyl halides is 2. The van der Waals surface area contributed by atoms with Crippen molar-refractivity contribution in [2.24, 2.45) is 0 Å². The maximum Gasteiger partial charge on any atom is 0.270 e. The third-order valence-electron chi connectivity index (χ3n) is 2.27. The molecule has 0 atom stereocenters. The molecule has 0 unspecified atom stereocenters. The Kier molecular flexibility index (Phi) is 3.25. The summed E-state index contributed by atoms with van der Waals surface area (Å²) in [4.78, 5) is 0. The van der Waals surface area contributed by atoms with Crippen molar-refractivity contribution in [3.8, 4) is 0 Å². The van der Waals surface area contributed by atoms with Crippen molar-refractivity contribution in [1.29, 1.82) is 0 Å². The lowest BCUT2D eigenvalue weighted by molar-refractivity contribution is 0.0656. The van der Waals surface area contributed by atoms with Gasteiger partial charge in [0.25, 0.3) is 5.92 Å². The van der Waals surface area contributed by atoms with Gasteiger partial charge in [-0.2, -0.15) is 0 Å². The maximum absolute atomic E-state index is 13.2. The molecular formula is C12H16F2. The predicted octanol–water partition coefficient (Wildman–Crippen LogP) is 4.25. The van der Waals surface area contributed by atoms with Crippen molar-refractivity contribution in [2.75, 3.05) is 0 Å². The Bertz CT molecular complexity index is 290. The van der Waals surface area contributed by atoms with Crippen LogP contribution in [0.15, 0.2) is 35.5 Å². The summed E-state index contributed by atoms with van der Waals surface area (Å²) < 4.78 is 26.3. The number of hydrogen-bond acceptors (Lipinski definition) is 0. The van der Waals surface area contributed by atoms with Gasteiger partial charge in [0.2, 0.25) is 0 Å². The Balaban J connectivity index is 2.98. The Labute approximate surface area is 84.0 Å². The van der Waals surface area contributed by atoms with E-state index in [0.29, 0.717) is 6.42 Å². The van der Waals surface area contributed by atoms with Crippen LogP contribution in [-0.2, 0) is 0 Å². The topological polar surface area (TPSA) is 0 Å². The number of rotatable bonds is 3. The van der Waals surface area contributed by atoms with Crippen LogP contribution in [-0.4, -0.2) is 5.92 Å². The molecule has 0 saturated carbocycles. The summed E-state index contributed by atoms with van der Waals surface area (Å²) in [7, 11) is 0. The summed E-state index contributed by atoms with van der Waals surface area (Å²) in [5.74, 6) is -2.72. The average Bonchev–Trinajstić information content (AvgIpc) is 2.01. The van der Waals surface area contributed by atoms with E-state index < -0.39 is 5.92 Å². The zero-order chi connectivity index (χ0) is 10.8. The van der Waals surface area contributed by atoms with Crippen molar-refractivity contribution in [1.82, 2.24) is 0 Å². The second kappa shape index (κ2) is 4.07. The Morgan fingerprint density at radius 3 is 2.71 bits per heavy atom. The van der Waals surface area contributed by atoms with Crippen LogP contribution in [0.25, 0.3) is 0 Å². The second-order valence-corrected chi connectivity index (χ2v) is 3.98. The summed E-state index contributed by atoms with van der Waals surface area (Å²) in [6.07, 6.45) is 5.57. The van der Waals surface area contributed by atoms with Crippen molar-refractivity contribution < 1.29 is 8.78 Å². The largest absolute Gasteiger partial charge is 0.270 e. The lowest BCUT2D eigenvalue weighted by Gasteiger charge is -2.21. The zero-order valence-electron chi connectivity index (χ0n) is 8.74. The van der Waals surface area contributed by atoms with Gasteiger partial charge in [-0.1, -0.05) is 29.9 Å². The second-order valence-electron chi connectivity index (χ2n) is 3.98. The molecular weight excluding hydrogens is 182 g/mol. The molecule has 0 spiro atoms. The van der Waals surface area contributed by atoms with Gasteiger partial charge in [-0.25, -0.2) is 8.78 Å². The van der Waals surface area contributed by atoms with Crippen molar-refractivity contribution in [2.45, 2.75) is 39.0 Å². The summed E-state index contributed by atoms with van der Waals surface area (Å²) >= 11 is 0. The molecule has 14 heavy (non-hydrogen) atoms. The number of hydrogen-bond donors (Lipinski definition) is 0. The predicted molar refractivity (Wildman–Crippen MR) is 55.5 cm³/mol. The Morgan fingerprint density at radius 2 is 2.21 bits per heavy atom. The van der Waals surface area contributed by atoms with E-state index in [9.17, 15) is 8.78 Å². The van der Waals surface area contributed by atoms with E-state index in [1.165, 1.54) is 0 Å². The molecule has 0 nitrogen and oxygen atoms in total. The van der Waals surface area contributed by atoms with E-state index in [1.54, 1.807) is 6.08 Å². The molecule has 0 fully saturated rings. The lowest BCUT2D eigenvalue weighted by atomic mass is 9.90. The lowest BCUT2D eigenvalue weighted by Crippen LogP contribution is -2.16. The molecule has 1 aliphatic rings. The molecule has 0 aliphatic heterocycles. The molecule has 0 bridgehead atoms. The van der Waals surface area contributed by atoms with Gasteiger partial charge in [-0.15, -0.1) is 0 Å². The third kappa shape index (κ3) is 2.79. The van der Waals surface area contributed by atoms with Gasteiger partial charge in [-0.05, 0) is 26.2 Å². The fraction of sp³-hybridized carbons (Fsp3) is 0.500. The molecule has 0 aromatic rings. The highest BCUT2D eigenvalue weighted by molar-refractivity contribution is 5.36. The highest BCUT2D eigenvalue weighted by Gasteiger charge is 2.29. The first-order valence-electron chi connectivity index (χ1n) is 4.82. The summed E-state index contributed by atoms with van der Waals surface area (Å²) in [6, 6.07) is 0. The van der Waals surface area contributed by atoms with Crippen LogP contribution in [0.3, 0.4) is 0 Å². The smallest absolute Gasteiger partial charge is 0.202 e. The van der Waals surface area contributed by atoms with Crippen molar-refractivity contribution >= 4 is 0 Å². The first-order chi connectivity index (χ1) is 6.41. The molecule has 0 N–H and O–H groups in total. The van der Waals surface area contributed by atoms with Crippen LogP contribution in [0.4, 0.5) is 8.78 Å². The SMILES string of the molecule is C=C(C)CC1=C(C(C)(F)F)C=CCC1. The van der Waals surface area contributed by atoms with Gasteiger partial charge in [0.1, 0.15) is 0 Å². The standard InChI is InChI=1S/C12H16F2/c1-9(2)8-10-6-4-5-7-11(10)12(3,13)14/h5,7H,1,4,6,8H2,2-3H3. The fourth-order valence-corrected chi connectivity index (χ4v) is 1.72. The molecule has 2 heteroatoms. The molecule has 0 saturated heterocycles. The van der Waals surface area contributed by atoms with Gasteiger partial charge in [0.05, 0.1) is 0 Å². The average molecular weight is 198 g/mol. The van der Waals surface area contributed by atoms with Crippen LogP contribution in [0.5, 0.6) is 0 Å². The van der Waals surface area contributed by atoms with Crippen LogP contribution >= 0.6 is 0 Å². The Morgan fingerprint density at radius 1 is 1.57 bits per heavy atom. The van der Waals surface area contributed by atoms with E-state index >= 15 is 0 Å². The highest BCUT2D eigenvalue weighted by atomic mass is 19.3. The molecule has 0 aromatic heterocycles. The molecule has 1 rings (SSSR count). The first kappa shape index (κ1) is 11.2. The maximum atomic E-state index is 13.2. The molecule has 0 amide bonds. The molecule has 0 heterocycles. The Hall–Kier alpha value is -0.920. The van der Waals surface area contributed by atoms with Crippen LogP contribution < -0.4 is 0 Å². The van der Waals surface area contributed by atoms with Crippen LogP contribution in [0.1, 0.15) is 33.1 Å². The quantitative estimate of drug-likeness (QED) is 0.594. The van der Waals surface area contributed by atoms with Crippen molar-refractivity contribution in [3.05, 3.63) is 35.5 Å². The number of halogens is 2. The normalized spacial score (nSPS) is 17.4. The minimum absolute atomic E-state index is 0.187. The van der Waals surface area contributed by atoms with E-state index in [2.05, 4.69) is 6.58 Å². The van der Waals surface area contributed by atoms with Gasteiger partial charge in [0.15, 0.2) is 0 Å². The van der Waals surface area contributed by atoms with Crippen molar-refractivity contribution in [3.63, 3.8) is 0 Å². The van der Waals surface area contributed by atoms with Crippen LogP contribution in [0, 0.1) is 0 Å². The molecule has 78 valence electrons. The fourth-order valence-electron chi connectivity index (χ4n) is 1.72. The molecule has 1 aliphatic carbocycles. The molecule has 0 radical (unpaired) electrons. The first-order valence-corrected chi connectivity index (χ1v) is 4.82. The summed E-state index contributed by atoms with van der Waals surface area (Å²) in [5.41, 5.74) is 1.97. The van der Waals surface area contributed by atoms with Gasteiger partial charge in [-0.3, -0.25) is 0 Å². The van der Waals surface area contributed by atoms with E-state index in [-0.39, 0.29) is 5.57 Å². The van der Waals surface area contributed by atoms with E-state index in [4.69, 9.17) is 0 Å². The number of allylic oxidation sites excluding steroid dienone is 5. The van der Waals surface area contributed by atoms with Gasteiger partial charge >= 0.3 is 0 Å². The summed E-state index contributed by atoms with van der Waals surface area (Å²) in [5, 5.41) is 0. The van der Waals surface area contributed by atoms with E-state index in [0.717, 1.165) is 30.9 Å². The minimum atomic E-state index is -2.72. The third-order valence-corrected chi connectivity index (χ3v) is 2.27. The summed E-state index contributed by atoms with van der Waals surface area (Å²) in [6.45, 7) is 6.59. The highest BCUT2D eigenvalue weighted by Crippen LogP contribution is 2.34. The van der Waals surface area contributed by atoms with Gasteiger partial charge < -0.3 is 0 Å². The molecule has 0 aromatic carbocycles. The monoisotopic (exact) mass is 198 g/mol.